The largest absolute Gasteiger partial charge is 0.496 e. The standard InChI is InChI=1S/C22H29BN4O2/c1-6-7-8-11-22(4)21(2,3)28-23(29-22)18-13-19(26-24-15-18)16-9-10-20-17(12-16)14-25-27(20)5/h9-10,12-15H,6-8,11H2,1-5H3. The van der Waals surface area contributed by atoms with Crippen LogP contribution in [-0.4, -0.2) is 38.3 Å². The van der Waals surface area contributed by atoms with Crippen LogP contribution in [0.4, 0.5) is 0 Å². The minimum atomic E-state index is -0.437. The Morgan fingerprint density at radius 2 is 1.90 bits per heavy atom. The Labute approximate surface area is 172 Å². The first-order valence-electron chi connectivity index (χ1n) is 10.4. The summed E-state index contributed by atoms with van der Waals surface area (Å²) in [6.07, 6.45) is 8.12. The summed E-state index contributed by atoms with van der Waals surface area (Å²) >= 11 is 0. The molecule has 3 aromatic rings. The summed E-state index contributed by atoms with van der Waals surface area (Å²) in [5.41, 5.74) is 3.09. The van der Waals surface area contributed by atoms with Gasteiger partial charge in [0.1, 0.15) is 0 Å². The molecule has 1 saturated heterocycles. The third-order valence-electron chi connectivity index (χ3n) is 6.29. The van der Waals surface area contributed by atoms with Gasteiger partial charge in [-0.05, 0) is 45.4 Å². The summed E-state index contributed by atoms with van der Waals surface area (Å²) in [5, 5.41) is 14.0. The molecule has 6 nitrogen and oxygen atoms in total. The number of hydrogen-bond acceptors (Lipinski definition) is 5. The molecule has 0 saturated carbocycles. The van der Waals surface area contributed by atoms with E-state index in [9.17, 15) is 0 Å². The molecule has 29 heavy (non-hydrogen) atoms. The summed E-state index contributed by atoms with van der Waals surface area (Å²) < 4.78 is 14.7. The lowest BCUT2D eigenvalue weighted by Gasteiger charge is -2.36. The molecule has 2 aromatic heterocycles. The van der Waals surface area contributed by atoms with Gasteiger partial charge in [0, 0.05) is 29.7 Å². The molecule has 0 aliphatic carbocycles. The Morgan fingerprint density at radius 3 is 2.69 bits per heavy atom. The van der Waals surface area contributed by atoms with Gasteiger partial charge >= 0.3 is 7.12 Å². The third-order valence-corrected chi connectivity index (χ3v) is 6.29. The molecule has 0 amide bonds. The number of fused-ring (bicyclic) bond motifs is 1. The summed E-state index contributed by atoms with van der Waals surface area (Å²) in [4.78, 5) is 0. The van der Waals surface area contributed by atoms with E-state index in [1.54, 1.807) is 6.20 Å². The molecule has 1 fully saturated rings. The second kappa shape index (κ2) is 7.54. The van der Waals surface area contributed by atoms with Crippen LogP contribution in [0.25, 0.3) is 22.2 Å². The van der Waals surface area contributed by atoms with Gasteiger partial charge < -0.3 is 9.31 Å². The first kappa shape index (κ1) is 20.0. The molecule has 1 aromatic carbocycles. The number of hydrogen-bond donors (Lipinski definition) is 0. The number of unbranched alkanes of at least 4 members (excludes halogenated alkanes) is 2. The average Bonchev–Trinajstić information content (AvgIpc) is 3.19. The van der Waals surface area contributed by atoms with Crippen molar-refractivity contribution in [2.45, 2.75) is 64.6 Å². The van der Waals surface area contributed by atoms with Crippen LogP contribution < -0.4 is 5.46 Å². The van der Waals surface area contributed by atoms with Crippen LogP contribution in [0, 0.1) is 0 Å². The lowest BCUT2D eigenvalue weighted by Crippen LogP contribution is -2.44. The molecule has 7 heteroatoms. The molecule has 152 valence electrons. The molecule has 3 heterocycles. The molecule has 1 aliphatic heterocycles. The van der Waals surface area contributed by atoms with Crippen molar-refractivity contribution in [3.05, 3.63) is 36.7 Å². The van der Waals surface area contributed by atoms with E-state index in [0.717, 1.165) is 40.5 Å². The lowest BCUT2D eigenvalue weighted by atomic mass is 9.80. The maximum Gasteiger partial charge on any atom is 0.496 e. The summed E-state index contributed by atoms with van der Waals surface area (Å²) in [5.74, 6) is 0. The van der Waals surface area contributed by atoms with Crippen molar-refractivity contribution < 1.29 is 9.31 Å². The highest BCUT2D eigenvalue weighted by molar-refractivity contribution is 6.62. The summed E-state index contributed by atoms with van der Waals surface area (Å²) in [7, 11) is 1.50. The van der Waals surface area contributed by atoms with E-state index in [2.05, 4.69) is 55.1 Å². The fourth-order valence-electron chi connectivity index (χ4n) is 3.98. The molecule has 0 bridgehead atoms. The minimum absolute atomic E-state index is 0.328. The zero-order chi connectivity index (χ0) is 20.6. The van der Waals surface area contributed by atoms with Crippen molar-refractivity contribution in [2.75, 3.05) is 0 Å². The molecule has 0 spiro atoms. The van der Waals surface area contributed by atoms with Crippen molar-refractivity contribution in [2.24, 2.45) is 7.05 Å². The van der Waals surface area contributed by atoms with E-state index in [-0.39, 0.29) is 11.2 Å². The predicted molar refractivity (Wildman–Crippen MR) is 116 cm³/mol. The van der Waals surface area contributed by atoms with Gasteiger partial charge in [0.2, 0.25) is 0 Å². The number of aryl methyl sites for hydroxylation is 1. The van der Waals surface area contributed by atoms with Gasteiger partial charge in [-0.3, -0.25) is 4.68 Å². The summed E-state index contributed by atoms with van der Waals surface area (Å²) in [6, 6.07) is 8.21. The van der Waals surface area contributed by atoms with Gasteiger partial charge in [-0.1, -0.05) is 32.3 Å². The summed E-state index contributed by atoms with van der Waals surface area (Å²) in [6.45, 7) is 8.61. The second-order valence-electron chi connectivity index (χ2n) is 8.68. The van der Waals surface area contributed by atoms with E-state index < -0.39 is 7.12 Å². The zero-order valence-corrected chi connectivity index (χ0v) is 18.0. The number of benzene rings is 1. The Balaban J connectivity index is 1.60. The highest BCUT2D eigenvalue weighted by Gasteiger charge is 2.54. The molecular weight excluding hydrogens is 363 g/mol. The Kier molecular flexibility index (Phi) is 5.21. The quantitative estimate of drug-likeness (QED) is 0.471. The number of nitrogens with zero attached hydrogens (tertiary/aromatic N) is 4. The molecule has 0 N–H and O–H groups in total. The third kappa shape index (κ3) is 3.69. The number of aromatic nitrogens is 4. The smallest absolute Gasteiger partial charge is 0.399 e. The van der Waals surface area contributed by atoms with Crippen LogP contribution in [0.3, 0.4) is 0 Å². The Hall–Kier alpha value is -2.25. The maximum atomic E-state index is 6.46. The van der Waals surface area contributed by atoms with E-state index in [1.165, 1.54) is 12.8 Å². The first-order chi connectivity index (χ1) is 13.8. The van der Waals surface area contributed by atoms with Gasteiger partial charge in [-0.25, -0.2) is 0 Å². The van der Waals surface area contributed by atoms with Gasteiger partial charge in [0.15, 0.2) is 0 Å². The average molecular weight is 392 g/mol. The van der Waals surface area contributed by atoms with E-state index in [0.29, 0.717) is 0 Å². The SMILES string of the molecule is CCCCCC1(C)OB(c2cnnc(-c3ccc4c(cnn4C)c3)c2)OC1(C)C. The monoisotopic (exact) mass is 392 g/mol. The van der Waals surface area contributed by atoms with Crippen LogP contribution in [0.2, 0.25) is 0 Å². The Morgan fingerprint density at radius 1 is 1.07 bits per heavy atom. The topological polar surface area (TPSA) is 62.1 Å². The molecule has 1 atom stereocenters. The minimum Gasteiger partial charge on any atom is -0.399 e. The van der Waals surface area contributed by atoms with Crippen molar-refractivity contribution in [3.8, 4) is 11.3 Å². The van der Waals surface area contributed by atoms with Crippen LogP contribution in [-0.2, 0) is 16.4 Å². The van der Waals surface area contributed by atoms with Gasteiger partial charge in [-0.2, -0.15) is 15.3 Å². The van der Waals surface area contributed by atoms with E-state index >= 15 is 0 Å². The predicted octanol–water partition coefficient (Wildman–Crippen LogP) is 3.89. The lowest BCUT2D eigenvalue weighted by molar-refractivity contribution is -0.0171. The van der Waals surface area contributed by atoms with Gasteiger partial charge in [0.25, 0.3) is 0 Å². The zero-order valence-electron chi connectivity index (χ0n) is 18.0. The Bertz CT molecular complexity index is 1020. The maximum absolute atomic E-state index is 6.46. The van der Waals surface area contributed by atoms with Crippen molar-refractivity contribution in [1.82, 2.24) is 20.0 Å². The fraction of sp³-hybridized carbons (Fsp3) is 0.500. The molecular formula is C22H29BN4O2. The fourth-order valence-corrected chi connectivity index (χ4v) is 3.98. The number of rotatable bonds is 6. The van der Waals surface area contributed by atoms with E-state index in [1.807, 2.05) is 30.1 Å². The van der Waals surface area contributed by atoms with Gasteiger partial charge in [-0.15, -0.1) is 0 Å². The molecule has 1 aliphatic rings. The second-order valence-corrected chi connectivity index (χ2v) is 8.68. The molecule has 0 radical (unpaired) electrons. The van der Waals surface area contributed by atoms with Crippen LogP contribution in [0.15, 0.2) is 36.7 Å². The normalized spacial score (nSPS) is 21.2. The molecule has 4 rings (SSSR count). The van der Waals surface area contributed by atoms with Crippen molar-refractivity contribution in [1.29, 1.82) is 0 Å². The van der Waals surface area contributed by atoms with E-state index in [4.69, 9.17) is 9.31 Å². The highest BCUT2D eigenvalue weighted by atomic mass is 16.7. The van der Waals surface area contributed by atoms with Crippen LogP contribution in [0.1, 0.15) is 53.4 Å². The van der Waals surface area contributed by atoms with Gasteiger partial charge in [0.05, 0.1) is 28.6 Å². The van der Waals surface area contributed by atoms with Crippen LogP contribution >= 0.6 is 0 Å². The van der Waals surface area contributed by atoms with Crippen LogP contribution in [0.5, 0.6) is 0 Å². The van der Waals surface area contributed by atoms with Crippen molar-refractivity contribution in [3.63, 3.8) is 0 Å². The first-order valence-corrected chi connectivity index (χ1v) is 10.4. The molecule has 1 unspecified atom stereocenters. The highest BCUT2D eigenvalue weighted by Crippen LogP contribution is 2.40. The van der Waals surface area contributed by atoms with Crippen molar-refractivity contribution >= 4 is 23.5 Å².